The molecular formula is C44H70N5O11PS3. The number of hydrogen-bond donors (Lipinski definition) is 6. The van der Waals surface area contributed by atoms with E-state index in [-0.39, 0.29) is 102 Å². The van der Waals surface area contributed by atoms with Gasteiger partial charge in [-0.1, -0.05) is 68.7 Å². The molecule has 4 amide bonds. The first-order valence-electron chi connectivity index (χ1n) is 21.7. The van der Waals surface area contributed by atoms with E-state index in [1.54, 1.807) is 51.0 Å². The van der Waals surface area contributed by atoms with E-state index in [1.807, 2.05) is 41.5 Å². The quantitative estimate of drug-likeness (QED) is 0.0149. The van der Waals surface area contributed by atoms with Gasteiger partial charge < -0.3 is 40.7 Å². The number of aromatic hydroxyl groups is 1. The number of nitrogens with zero attached hydrogens (tertiary/aromatic N) is 2. The number of aromatic nitrogens is 1. The van der Waals surface area contributed by atoms with Crippen LogP contribution in [0.25, 0.3) is 0 Å². The number of aliphatic carboxylic acids is 1. The number of phenolic OH excluding ortho intramolecular Hbond substituents is 1. The zero-order valence-electron chi connectivity index (χ0n) is 38.9. The van der Waals surface area contributed by atoms with Crippen LogP contribution < -0.4 is 16.0 Å². The summed E-state index contributed by atoms with van der Waals surface area (Å²) < 4.78 is 17.9. The van der Waals surface area contributed by atoms with Crippen LogP contribution in [-0.2, 0) is 39.7 Å². The van der Waals surface area contributed by atoms with Gasteiger partial charge in [0, 0.05) is 87.0 Å². The predicted octanol–water partition coefficient (Wildman–Crippen LogP) is 7.89. The molecule has 0 bridgehead atoms. The molecule has 1 aromatic heterocycles. The molecule has 16 nitrogen and oxygen atoms in total. The van der Waals surface area contributed by atoms with E-state index in [4.69, 9.17) is 4.74 Å². The number of amides is 4. The largest absolute Gasteiger partial charge is 0.506 e. The smallest absolute Gasteiger partial charge is 0.306 e. The number of hydrogen-bond acceptors (Lipinski definition) is 13. The lowest BCUT2D eigenvalue weighted by Gasteiger charge is -2.34. The maximum Gasteiger partial charge on any atom is 0.306 e. The number of anilines is 1. The van der Waals surface area contributed by atoms with Gasteiger partial charge in [0.1, 0.15) is 16.5 Å². The summed E-state index contributed by atoms with van der Waals surface area (Å²) in [6, 6.07) is 3.66. The van der Waals surface area contributed by atoms with Crippen molar-refractivity contribution >= 4 is 81.5 Å². The minimum absolute atomic E-state index is 0.00276. The first-order chi connectivity index (χ1) is 29.9. The van der Waals surface area contributed by atoms with Crippen LogP contribution in [0, 0.1) is 17.8 Å². The molecular weight excluding hydrogens is 902 g/mol. The normalized spacial score (nSPS) is 14.9. The maximum absolute atomic E-state index is 13.7. The van der Waals surface area contributed by atoms with Gasteiger partial charge in [-0.3, -0.25) is 33.3 Å². The van der Waals surface area contributed by atoms with Gasteiger partial charge in [0.05, 0.1) is 11.6 Å². The minimum atomic E-state index is -3.44. The van der Waals surface area contributed by atoms with Crippen molar-refractivity contribution in [2.45, 2.75) is 136 Å². The molecule has 0 aliphatic rings. The van der Waals surface area contributed by atoms with Crippen molar-refractivity contribution in [2.24, 2.45) is 17.8 Å². The Morgan fingerprint density at radius 1 is 1.03 bits per heavy atom. The second-order valence-electron chi connectivity index (χ2n) is 17.4. The number of phenols is 1. The number of carboxylic acids is 1. The second-order valence-corrected chi connectivity index (χ2v) is 24.0. The van der Waals surface area contributed by atoms with Crippen molar-refractivity contribution in [2.75, 3.05) is 37.5 Å². The topological polar surface area (TPSA) is 242 Å². The maximum atomic E-state index is 13.7. The van der Waals surface area contributed by atoms with E-state index in [1.165, 1.54) is 27.0 Å². The molecule has 0 aliphatic carbocycles. The van der Waals surface area contributed by atoms with Crippen LogP contribution in [0.1, 0.15) is 134 Å². The van der Waals surface area contributed by atoms with E-state index < -0.39 is 43.3 Å². The third-order valence-corrected chi connectivity index (χ3v) is 17.0. The number of carboxylic acid groups (broad SMARTS) is 1. The molecule has 6 atom stereocenters. The summed E-state index contributed by atoms with van der Waals surface area (Å²) in [6.07, 6.45) is 2.14. The highest BCUT2D eigenvalue weighted by Gasteiger charge is 2.32. The molecule has 0 spiro atoms. The SMILES string of the molecule is CC[C@H](C)CC(=O)N(C)C(C[C@@H](OC(C)=O)c1nc(C(=O)N[C@@H](Cc2ccc(O)c(NC(=O)CCCSSC(C)(C)CCP(=O)(O)CCC(=O)NC)c2)CC(C)C(=O)O)cs1)C(C)C. The fraction of sp³-hybridized carbons (Fsp3) is 0.659. The number of esters is 1. The van der Waals surface area contributed by atoms with Crippen molar-refractivity contribution in [1.29, 1.82) is 0 Å². The van der Waals surface area contributed by atoms with Gasteiger partial charge in [0.2, 0.25) is 25.1 Å². The molecule has 20 heteroatoms. The summed E-state index contributed by atoms with van der Waals surface area (Å²) in [5.74, 6) is -2.88. The number of carbonyl (C=O) groups is 6. The summed E-state index contributed by atoms with van der Waals surface area (Å²) in [5, 5.41) is 30.4. The van der Waals surface area contributed by atoms with Gasteiger partial charge in [-0.2, -0.15) is 0 Å². The van der Waals surface area contributed by atoms with Crippen molar-refractivity contribution in [3.8, 4) is 5.75 Å². The Bertz CT molecular complexity index is 1930. The van der Waals surface area contributed by atoms with E-state index in [0.717, 1.165) is 17.8 Å². The third kappa shape index (κ3) is 20.7. The third-order valence-electron chi connectivity index (χ3n) is 10.8. The summed E-state index contributed by atoms with van der Waals surface area (Å²) in [4.78, 5) is 91.9. The second kappa shape index (κ2) is 27.1. The van der Waals surface area contributed by atoms with E-state index in [9.17, 15) is 48.4 Å². The highest BCUT2D eigenvalue weighted by atomic mass is 33.1. The molecule has 0 radical (unpaired) electrons. The molecule has 6 N–H and O–H groups in total. The highest BCUT2D eigenvalue weighted by molar-refractivity contribution is 8.77. The van der Waals surface area contributed by atoms with Crippen molar-refractivity contribution in [3.05, 3.63) is 39.8 Å². The van der Waals surface area contributed by atoms with E-state index in [2.05, 4.69) is 20.9 Å². The molecule has 360 valence electrons. The zero-order valence-corrected chi connectivity index (χ0v) is 42.3. The predicted molar refractivity (Wildman–Crippen MR) is 256 cm³/mol. The first kappa shape index (κ1) is 56.5. The minimum Gasteiger partial charge on any atom is -0.506 e. The fourth-order valence-corrected chi connectivity index (χ4v) is 11.9. The average Bonchev–Trinajstić information content (AvgIpc) is 3.72. The lowest BCUT2D eigenvalue weighted by atomic mass is 9.95. The summed E-state index contributed by atoms with van der Waals surface area (Å²) in [6.45, 7) is 14.8. The van der Waals surface area contributed by atoms with E-state index in [0.29, 0.717) is 35.6 Å². The summed E-state index contributed by atoms with van der Waals surface area (Å²) in [5.41, 5.74) is 0.836. The summed E-state index contributed by atoms with van der Waals surface area (Å²) >= 11 is 1.14. The number of rotatable bonds is 29. The van der Waals surface area contributed by atoms with Crippen LogP contribution >= 0.6 is 40.3 Å². The standard InChI is InChI=1S/C44H70N5O11PS3/c1-11-28(4)21-40(54)49(10)35(27(2)3)25-37(60-30(6)50)42-48-34(26-62-42)41(55)46-32(22-29(5)43(56)57)23-31-14-15-36(51)33(24-31)47-39(53)13-12-20-63-64-44(7,8)17-19-61(58,59)18-16-38(52)45-9/h14-15,24,26-29,32,35,37,51H,11-13,16-23,25H2,1-10H3,(H,45,52)(H,46,55)(H,47,53)(H,56,57)(H,58,59)/t28-,29?,32+,35?,37+/m0/s1. The molecule has 3 unspecified atom stereocenters. The van der Waals surface area contributed by atoms with Crippen LogP contribution in [0.5, 0.6) is 5.75 Å². The van der Waals surface area contributed by atoms with Crippen molar-refractivity contribution in [1.82, 2.24) is 20.5 Å². The van der Waals surface area contributed by atoms with Crippen LogP contribution in [-0.4, -0.2) is 110 Å². The van der Waals surface area contributed by atoms with Gasteiger partial charge in [0.15, 0.2) is 6.10 Å². The van der Waals surface area contributed by atoms with Crippen molar-refractivity contribution < 1.29 is 53.2 Å². The molecule has 64 heavy (non-hydrogen) atoms. The van der Waals surface area contributed by atoms with Crippen molar-refractivity contribution in [3.63, 3.8) is 0 Å². The molecule has 0 aliphatic heterocycles. The molecule has 0 saturated carbocycles. The van der Waals surface area contributed by atoms with Gasteiger partial charge >= 0.3 is 11.9 Å². The fourth-order valence-electron chi connectivity index (χ4n) is 6.59. The Morgan fingerprint density at radius 3 is 2.33 bits per heavy atom. The molecule has 1 aromatic carbocycles. The van der Waals surface area contributed by atoms with Crippen LogP contribution in [0.4, 0.5) is 5.69 Å². The zero-order chi connectivity index (χ0) is 48.4. The van der Waals surface area contributed by atoms with Crippen LogP contribution in [0.2, 0.25) is 0 Å². The lowest BCUT2D eigenvalue weighted by Crippen LogP contribution is -2.42. The molecule has 2 rings (SSSR count). The van der Waals surface area contributed by atoms with Crippen LogP contribution in [0.15, 0.2) is 23.6 Å². The van der Waals surface area contributed by atoms with Gasteiger partial charge in [-0.05, 0) is 69.1 Å². The Labute approximate surface area is 390 Å². The number of benzene rings is 1. The van der Waals surface area contributed by atoms with E-state index >= 15 is 0 Å². The number of carbonyl (C=O) groups excluding carboxylic acids is 5. The molecule has 0 saturated heterocycles. The Kier molecular flexibility index (Phi) is 23.9. The van der Waals surface area contributed by atoms with Crippen LogP contribution in [0.3, 0.4) is 0 Å². The average molecular weight is 972 g/mol. The molecule has 2 aromatic rings. The monoisotopic (exact) mass is 971 g/mol. The van der Waals surface area contributed by atoms with Gasteiger partial charge in [0.25, 0.3) is 5.91 Å². The Morgan fingerprint density at radius 2 is 1.72 bits per heavy atom. The lowest BCUT2D eigenvalue weighted by molar-refractivity contribution is -0.148. The number of ether oxygens (including phenoxy) is 1. The Hall–Kier alpha value is -3.64. The summed E-state index contributed by atoms with van der Waals surface area (Å²) in [7, 11) is 2.92. The number of thiazole rings is 1. The number of nitrogens with one attached hydrogen (secondary N) is 3. The first-order valence-corrected chi connectivity index (χ1v) is 26.9. The highest BCUT2D eigenvalue weighted by Crippen LogP contribution is 2.47. The molecule has 1 heterocycles. The van der Waals surface area contributed by atoms with Gasteiger partial charge in [-0.15, -0.1) is 11.3 Å². The van der Waals surface area contributed by atoms with Gasteiger partial charge in [-0.25, -0.2) is 4.98 Å². The molecule has 0 fully saturated rings. The Balaban J connectivity index is 2.11.